The molecule has 0 atom stereocenters. The average Bonchev–Trinajstić information content (AvgIpc) is 2.79. The Morgan fingerprint density at radius 3 is 1.03 bits per heavy atom. The van der Waals surface area contributed by atoms with Crippen LogP contribution in [-0.4, -0.2) is 20.4 Å². The number of benzene rings is 4. The monoisotopic (exact) mass is 468 g/mol. The van der Waals surface area contributed by atoms with Crippen LogP contribution in [0.1, 0.15) is 55.6 Å². The average molecular weight is 469 g/mol. The summed E-state index contributed by atoms with van der Waals surface area (Å²) < 4.78 is 0. The van der Waals surface area contributed by atoms with E-state index in [2.05, 4.69) is 0 Å². The van der Waals surface area contributed by atoms with E-state index in [0.29, 0.717) is 19.3 Å². The molecule has 0 spiro atoms. The van der Waals surface area contributed by atoms with Gasteiger partial charge in [-0.3, -0.25) is 0 Å². The predicted molar refractivity (Wildman–Crippen MR) is 140 cm³/mol. The zero-order valence-electron chi connectivity index (χ0n) is 20.7. The molecule has 0 aromatic heterocycles. The van der Waals surface area contributed by atoms with E-state index in [0.717, 1.165) is 55.6 Å². The quantitative estimate of drug-likeness (QED) is 0.260. The number of hydrogen-bond acceptors (Lipinski definition) is 4. The molecule has 0 aliphatic rings. The van der Waals surface area contributed by atoms with Crippen molar-refractivity contribution in [1.29, 1.82) is 0 Å². The highest BCUT2D eigenvalue weighted by atomic mass is 16.3. The summed E-state index contributed by atoms with van der Waals surface area (Å²) in [5, 5.41) is 42.8. The Hall–Kier alpha value is -3.92. The summed E-state index contributed by atoms with van der Waals surface area (Å²) in [6, 6.07) is 18.7. The maximum absolute atomic E-state index is 11.1. The fourth-order valence-corrected chi connectivity index (χ4v) is 4.73. The van der Waals surface area contributed by atoms with Gasteiger partial charge in [-0.25, -0.2) is 0 Å². The molecule has 0 aliphatic carbocycles. The maximum atomic E-state index is 11.1. The van der Waals surface area contributed by atoms with Crippen molar-refractivity contribution >= 4 is 0 Å². The van der Waals surface area contributed by atoms with Crippen LogP contribution in [-0.2, 0) is 19.3 Å². The minimum Gasteiger partial charge on any atom is -0.508 e. The minimum atomic E-state index is 0.176. The fraction of sp³-hybridized carbons (Fsp3) is 0.226. The third-order valence-electron chi connectivity index (χ3n) is 6.44. The van der Waals surface area contributed by atoms with Gasteiger partial charge < -0.3 is 20.4 Å². The van der Waals surface area contributed by atoms with Crippen molar-refractivity contribution in [2.45, 2.75) is 47.0 Å². The SMILES string of the molecule is Cc1ccc(O)c(Cc2cc(C)cc(Cc3cc(C)cc(Cc4cc(C)ccc4O)c3O)c2O)c1. The molecule has 0 fully saturated rings. The molecule has 180 valence electrons. The van der Waals surface area contributed by atoms with Gasteiger partial charge in [0.1, 0.15) is 23.0 Å². The number of hydrogen-bond donors (Lipinski definition) is 4. The third kappa shape index (κ3) is 5.43. The van der Waals surface area contributed by atoms with Gasteiger partial charge in [0.25, 0.3) is 0 Å². The molecule has 0 amide bonds. The summed E-state index contributed by atoms with van der Waals surface area (Å²) in [6.07, 6.45) is 1.18. The van der Waals surface area contributed by atoms with E-state index in [1.807, 2.05) is 76.2 Å². The van der Waals surface area contributed by atoms with Crippen molar-refractivity contribution in [2.75, 3.05) is 0 Å². The Labute approximate surface area is 206 Å². The van der Waals surface area contributed by atoms with Crippen LogP contribution in [0.5, 0.6) is 23.0 Å². The first-order valence-corrected chi connectivity index (χ1v) is 11.8. The van der Waals surface area contributed by atoms with Crippen molar-refractivity contribution in [3.05, 3.63) is 116 Å². The molecule has 0 heterocycles. The van der Waals surface area contributed by atoms with E-state index in [-0.39, 0.29) is 23.0 Å². The summed E-state index contributed by atoms with van der Waals surface area (Å²) >= 11 is 0. The topological polar surface area (TPSA) is 80.9 Å². The molecule has 4 aromatic carbocycles. The number of aromatic hydroxyl groups is 4. The van der Waals surface area contributed by atoms with Gasteiger partial charge in [0.05, 0.1) is 0 Å². The summed E-state index contributed by atoms with van der Waals surface area (Å²) in [6.45, 7) is 7.90. The van der Waals surface area contributed by atoms with Crippen molar-refractivity contribution in [3.63, 3.8) is 0 Å². The molecule has 4 aromatic rings. The summed E-state index contributed by atoms with van der Waals surface area (Å²) in [5.41, 5.74) is 8.51. The highest BCUT2D eigenvalue weighted by Crippen LogP contribution is 2.35. The smallest absolute Gasteiger partial charge is 0.122 e. The molecular formula is C31H32O4. The molecule has 0 bridgehead atoms. The second kappa shape index (κ2) is 9.75. The number of aryl methyl sites for hydroxylation is 4. The first kappa shape index (κ1) is 24.2. The van der Waals surface area contributed by atoms with Gasteiger partial charge in [0.15, 0.2) is 0 Å². The van der Waals surface area contributed by atoms with Crippen LogP contribution in [0.25, 0.3) is 0 Å². The van der Waals surface area contributed by atoms with Gasteiger partial charge in [0.2, 0.25) is 0 Å². The standard InChI is InChI=1S/C31H32O4/c1-18-5-7-28(32)22(9-18)15-24-11-20(3)13-26(30(24)34)17-27-14-21(4)12-25(31(27)35)16-23-10-19(2)6-8-29(23)33/h5-14,32-35H,15-17H2,1-4H3. The zero-order chi connectivity index (χ0) is 25.3. The largest absolute Gasteiger partial charge is 0.508 e. The van der Waals surface area contributed by atoms with E-state index in [9.17, 15) is 20.4 Å². The Bertz CT molecular complexity index is 1290. The van der Waals surface area contributed by atoms with Crippen LogP contribution in [0.2, 0.25) is 0 Å². The van der Waals surface area contributed by atoms with Crippen LogP contribution in [0.3, 0.4) is 0 Å². The summed E-state index contributed by atoms with van der Waals surface area (Å²) in [7, 11) is 0. The van der Waals surface area contributed by atoms with Crippen molar-refractivity contribution in [1.82, 2.24) is 0 Å². The van der Waals surface area contributed by atoms with Crippen molar-refractivity contribution in [2.24, 2.45) is 0 Å². The van der Waals surface area contributed by atoms with E-state index in [1.54, 1.807) is 12.1 Å². The molecule has 4 N–H and O–H groups in total. The van der Waals surface area contributed by atoms with E-state index in [4.69, 9.17) is 0 Å². The molecule has 0 aliphatic heterocycles. The van der Waals surface area contributed by atoms with Gasteiger partial charge in [0, 0.05) is 19.3 Å². The second-order valence-electron chi connectivity index (χ2n) is 9.66. The van der Waals surface area contributed by atoms with Gasteiger partial charge in [-0.1, -0.05) is 70.8 Å². The van der Waals surface area contributed by atoms with Gasteiger partial charge >= 0.3 is 0 Å². The lowest BCUT2D eigenvalue weighted by Gasteiger charge is -2.16. The lowest BCUT2D eigenvalue weighted by atomic mass is 9.92. The number of rotatable bonds is 6. The first-order chi connectivity index (χ1) is 16.6. The Balaban J connectivity index is 1.68. The number of phenols is 4. The lowest BCUT2D eigenvalue weighted by molar-refractivity contribution is 0.454. The van der Waals surface area contributed by atoms with E-state index >= 15 is 0 Å². The molecule has 0 saturated carbocycles. The third-order valence-corrected chi connectivity index (χ3v) is 6.44. The fourth-order valence-electron chi connectivity index (χ4n) is 4.73. The molecule has 0 unspecified atom stereocenters. The maximum Gasteiger partial charge on any atom is 0.122 e. The zero-order valence-corrected chi connectivity index (χ0v) is 20.7. The Kier molecular flexibility index (Phi) is 6.74. The molecule has 4 nitrogen and oxygen atoms in total. The van der Waals surface area contributed by atoms with Crippen LogP contribution < -0.4 is 0 Å². The summed E-state index contributed by atoms with van der Waals surface area (Å²) in [4.78, 5) is 0. The number of phenolic OH excluding ortho intramolecular Hbond substituents is 4. The highest BCUT2D eigenvalue weighted by molar-refractivity contribution is 5.53. The molecular weight excluding hydrogens is 436 g/mol. The van der Waals surface area contributed by atoms with E-state index < -0.39 is 0 Å². The van der Waals surface area contributed by atoms with Crippen molar-refractivity contribution < 1.29 is 20.4 Å². The molecule has 4 heteroatoms. The van der Waals surface area contributed by atoms with E-state index in [1.165, 1.54) is 0 Å². The van der Waals surface area contributed by atoms with Crippen molar-refractivity contribution in [3.8, 4) is 23.0 Å². The first-order valence-electron chi connectivity index (χ1n) is 11.8. The lowest BCUT2D eigenvalue weighted by Crippen LogP contribution is -2.00. The Morgan fingerprint density at radius 2 is 0.686 bits per heavy atom. The Morgan fingerprint density at radius 1 is 0.400 bits per heavy atom. The molecule has 0 radical (unpaired) electrons. The normalized spacial score (nSPS) is 11.1. The molecule has 35 heavy (non-hydrogen) atoms. The molecule has 0 saturated heterocycles. The minimum absolute atomic E-state index is 0.176. The molecule has 4 rings (SSSR count). The highest BCUT2D eigenvalue weighted by Gasteiger charge is 2.16. The predicted octanol–water partition coefficient (Wildman–Crippen LogP) is 6.52. The van der Waals surface area contributed by atoms with Crippen LogP contribution in [0.15, 0.2) is 60.7 Å². The van der Waals surface area contributed by atoms with Crippen LogP contribution >= 0.6 is 0 Å². The summed E-state index contributed by atoms with van der Waals surface area (Å²) in [5.74, 6) is 0.766. The van der Waals surface area contributed by atoms with Crippen LogP contribution in [0, 0.1) is 27.7 Å². The van der Waals surface area contributed by atoms with Gasteiger partial charge in [-0.15, -0.1) is 0 Å². The second-order valence-corrected chi connectivity index (χ2v) is 9.66. The van der Waals surface area contributed by atoms with Gasteiger partial charge in [-0.05, 0) is 73.2 Å². The van der Waals surface area contributed by atoms with Gasteiger partial charge in [-0.2, -0.15) is 0 Å². The van der Waals surface area contributed by atoms with Crippen LogP contribution in [0.4, 0.5) is 0 Å².